The van der Waals surface area contributed by atoms with Gasteiger partial charge in [-0.1, -0.05) is 0 Å². The van der Waals surface area contributed by atoms with Crippen molar-refractivity contribution in [3.63, 3.8) is 0 Å². The lowest BCUT2D eigenvalue weighted by molar-refractivity contribution is 0.0764. The van der Waals surface area contributed by atoms with Gasteiger partial charge in [-0.15, -0.1) is 11.3 Å². The van der Waals surface area contributed by atoms with E-state index < -0.39 is 0 Å². The molecule has 4 nitrogen and oxygen atoms in total. The third-order valence-electron chi connectivity index (χ3n) is 3.38. The first-order valence-corrected chi connectivity index (χ1v) is 7.18. The van der Waals surface area contributed by atoms with Crippen molar-refractivity contribution in [3.8, 4) is 5.75 Å². The molecule has 100 valence electrons. The lowest BCUT2D eigenvalue weighted by Crippen LogP contribution is -2.37. The van der Waals surface area contributed by atoms with E-state index in [4.69, 9.17) is 4.74 Å². The summed E-state index contributed by atoms with van der Waals surface area (Å²) in [5, 5.41) is 5.23. The summed E-state index contributed by atoms with van der Waals surface area (Å²) in [6.45, 7) is 2.96. The molecule has 1 fully saturated rings. The molecule has 0 aromatic carbocycles. The summed E-state index contributed by atoms with van der Waals surface area (Å²) in [4.78, 5) is 14.8. The molecule has 0 aliphatic carbocycles. The van der Waals surface area contributed by atoms with Crippen molar-refractivity contribution >= 4 is 17.2 Å². The Kier molecular flexibility index (Phi) is 4.60. The van der Waals surface area contributed by atoms with Gasteiger partial charge in [-0.3, -0.25) is 4.79 Å². The van der Waals surface area contributed by atoms with E-state index in [-0.39, 0.29) is 5.91 Å². The molecule has 1 N–H and O–H groups in total. The van der Waals surface area contributed by atoms with E-state index in [1.807, 2.05) is 23.4 Å². The highest BCUT2D eigenvalue weighted by atomic mass is 32.1. The van der Waals surface area contributed by atoms with Crippen LogP contribution in [0, 0.1) is 5.92 Å². The van der Waals surface area contributed by atoms with Crippen LogP contribution >= 0.6 is 11.3 Å². The number of piperidine rings is 1. The number of hydrogen-bond donors (Lipinski definition) is 1. The number of methoxy groups -OCH3 is 1. The minimum atomic E-state index is 0.0698. The third kappa shape index (κ3) is 3.03. The molecule has 18 heavy (non-hydrogen) atoms. The van der Waals surface area contributed by atoms with Crippen molar-refractivity contribution < 1.29 is 9.53 Å². The second-order valence-electron chi connectivity index (χ2n) is 4.70. The maximum Gasteiger partial charge on any atom is 0.267 e. The zero-order chi connectivity index (χ0) is 13.0. The van der Waals surface area contributed by atoms with Crippen LogP contribution in [0.1, 0.15) is 22.5 Å². The van der Waals surface area contributed by atoms with E-state index >= 15 is 0 Å². The van der Waals surface area contributed by atoms with Crippen molar-refractivity contribution in [2.45, 2.75) is 12.8 Å². The summed E-state index contributed by atoms with van der Waals surface area (Å²) in [6.07, 6.45) is 2.30. The quantitative estimate of drug-likeness (QED) is 0.906. The van der Waals surface area contributed by atoms with Crippen LogP contribution in [0.25, 0.3) is 0 Å². The fraction of sp³-hybridized carbons (Fsp3) is 0.615. The van der Waals surface area contributed by atoms with E-state index in [0.717, 1.165) is 32.5 Å². The Morgan fingerprint density at radius 2 is 2.28 bits per heavy atom. The Balaban J connectivity index is 1.95. The van der Waals surface area contributed by atoms with Gasteiger partial charge < -0.3 is 15.0 Å². The summed E-state index contributed by atoms with van der Waals surface area (Å²) < 4.78 is 5.20. The molecular formula is C13H20N2O2S. The molecule has 2 rings (SSSR count). The molecule has 5 heteroatoms. The summed E-state index contributed by atoms with van der Waals surface area (Å²) in [6, 6.07) is 1.84. The fourth-order valence-corrected chi connectivity index (χ4v) is 3.17. The first kappa shape index (κ1) is 13.4. The summed E-state index contributed by atoms with van der Waals surface area (Å²) in [7, 11) is 3.48. The SMILES string of the molecule is COc1ccsc1C(=O)N(C)CC1CCNCC1. The standard InChI is InChI=1S/C13H20N2O2S/c1-15(9-10-3-6-14-7-4-10)13(16)12-11(17-2)5-8-18-12/h5,8,10,14H,3-4,6-7,9H2,1-2H3. The molecule has 0 atom stereocenters. The van der Waals surface area contributed by atoms with Crippen LogP contribution in [0.4, 0.5) is 0 Å². The summed E-state index contributed by atoms with van der Waals surface area (Å²) >= 11 is 1.44. The Labute approximate surface area is 112 Å². The zero-order valence-electron chi connectivity index (χ0n) is 10.9. The zero-order valence-corrected chi connectivity index (χ0v) is 11.8. The minimum Gasteiger partial charge on any atom is -0.495 e. The van der Waals surface area contributed by atoms with Crippen LogP contribution in [0.15, 0.2) is 11.4 Å². The molecule has 1 aliphatic heterocycles. The van der Waals surface area contributed by atoms with Crippen LogP contribution in [0.3, 0.4) is 0 Å². The molecule has 0 spiro atoms. The number of nitrogens with zero attached hydrogens (tertiary/aromatic N) is 1. The second-order valence-corrected chi connectivity index (χ2v) is 5.61. The lowest BCUT2D eigenvalue weighted by atomic mass is 9.98. The summed E-state index contributed by atoms with van der Waals surface area (Å²) in [5.74, 6) is 1.37. The highest BCUT2D eigenvalue weighted by molar-refractivity contribution is 7.12. The van der Waals surface area contributed by atoms with Crippen LogP contribution in [-0.4, -0.2) is 44.6 Å². The van der Waals surface area contributed by atoms with Crippen molar-refractivity contribution in [2.75, 3.05) is 33.8 Å². The number of hydrogen-bond acceptors (Lipinski definition) is 4. The van der Waals surface area contributed by atoms with E-state index in [2.05, 4.69) is 5.32 Å². The Hall–Kier alpha value is -1.07. The number of nitrogens with one attached hydrogen (secondary N) is 1. The molecule has 1 amide bonds. The highest BCUT2D eigenvalue weighted by Gasteiger charge is 2.22. The number of amides is 1. The van der Waals surface area contributed by atoms with Crippen LogP contribution in [0.2, 0.25) is 0 Å². The molecule has 1 aromatic heterocycles. The van der Waals surface area contributed by atoms with E-state index in [1.165, 1.54) is 11.3 Å². The van der Waals surface area contributed by atoms with Gasteiger partial charge in [0.2, 0.25) is 0 Å². The minimum absolute atomic E-state index is 0.0698. The van der Waals surface area contributed by atoms with Gasteiger partial charge in [0.1, 0.15) is 10.6 Å². The number of rotatable bonds is 4. The predicted molar refractivity (Wildman–Crippen MR) is 73.4 cm³/mol. The molecule has 0 bridgehead atoms. The monoisotopic (exact) mass is 268 g/mol. The first-order valence-electron chi connectivity index (χ1n) is 6.30. The van der Waals surface area contributed by atoms with Gasteiger partial charge in [-0.05, 0) is 43.3 Å². The van der Waals surface area contributed by atoms with Gasteiger partial charge in [0.05, 0.1) is 7.11 Å². The van der Waals surface area contributed by atoms with Gasteiger partial charge in [0.15, 0.2) is 0 Å². The van der Waals surface area contributed by atoms with Crippen molar-refractivity contribution in [1.82, 2.24) is 10.2 Å². The van der Waals surface area contributed by atoms with E-state index in [1.54, 1.807) is 7.11 Å². The lowest BCUT2D eigenvalue weighted by Gasteiger charge is -2.27. The number of thiophene rings is 1. The molecule has 0 radical (unpaired) electrons. The van der Waals surface area contributed by atoms with Gasteiger partial charge >= 0.3 is 0 Å². The normalized spacial score (nSPS) is 16.6. The van der Waals surface area contributed by atoms with Gasteiger partial charge in [-0.25, -0.2) is 0 Å². The number of carbonyl (C=O) groups is 1. The third-order valence-corrected chi connectivity index (χ3v) is 4.26. The summed E-state index contributed by atoms with van der Waals surface area (Å²) in [5.41, 5.74) is 0. The Morgan fingerprint density at radius 1 is 1.56 bits per heavy atom. The molecule has 1 saturated heterocycles. The van der Waals surface area contributed by atoms with Gasteiger partial charge in [0, 0.05) is 13.6 Å². The number of ether oxygens (including phenoxy) is 1. The molecule has 1 aliphatic rings. The van der Waals surface area contributed by atoms with Crippen LogP contribution in [-0.2, 0) is 0 Å². The average molecular weight is 268 g/mol. The maximum absolute atomic E-state index is 12.3. The predicted octanol–water partition coefficient (Wildman–Crippen LogP) is 1.83. The molecular weight excluding hydrogens is 248 g/mol. The molecule has 0 unspecified atom stereocenters. The average Bonchev–Trinajstić information content (AvgIpc) is 2.87. The van der Waals surface area contributed by atoms with Crippen molar-refractivity contribution in [1.29, 1.82) is 0 Å². The second kappa shape index (κ2) is 6.20. The largest absolute Gasteiger partial charge is 0.495 e. The Bertz CT molecular complexity index is 399. The highest BCUT2D eigenvalue weighted by Crippen LogP contribution is 2.26. The van der Waals surface area contributed by atoms with Crippen LogP contribution in [0.5, 0.6) is 5.75 Å². The van der Waals surface area contributed by atoms with E-state index in [0.29, 0.717) is 16.5 Å². The Morgan fingerprint density at radius 3 is 2.94 bits per heavy atom. The fourth-order valence-electron chi connectivity index (χ4n) is 2.32. The van der Waals surface area contributed by atoms with Crippen molar-refractivity contribution in [3.05, 3.63) is 16.3 Å². The smallest absolute Gasteiger partial charge is 0.267 e. The van der Waals surface area contributed by atoms with Gasteiger partial charge in [0.25, 0.3) is 5.91 Å². The molecule has 0 saturated carbocycles. The van der Waals surface area contributed by atoms with Crippen molar-refractivity contribution in [2.24, 2.45) is 5.92 Å². The molecule has 1 aromatic rings. The number of carbonyl (C=O) groups excluding carboxylic acids is 1. The first-order chi connectivity index (χ1) is 8.72. The molecule has 2 heterocycles. The topological polar surface area (TPSA) is 41.6 Å². The van der Waals surface area contributed by atoms with E-state index in [9.17, 15) is 4.79 Å². The van der Waals surface area contributed by atoms with Gasteiger partial charge in [-0.2, -0.15) is 0 Å². The van der Waals surface area contributed by atoms with Crippen LogP contribution < -0.4 is 10.1 Å². The maximum atomic E-state index is 12.3.